The van der Waals surface area contributed by atoms with Crippen LogP contribution < -0.4 is 11.1 Å². The Labute approximate surface area is 118 Å². The van der Waals surface area contributed by atoms with E-state index in [-0.39, 0.29) is 5.84 Å². The molecule has 110 valence electrons. The largest absolute Gasteiger partial charge is 0.409 e. The molecule has 6 heteroatoms. The number of aliphatic hydroxyl groups is 1. The van der Waals surface area contributed by atoms with Crippen LogP contribution in [0.1, 0.15) is 24.0 Å². The normalized spacial score (nSPS) is 18.9. The van der Waals surface area contributed by atoms with Gasteiger partial charge in [-0.15, -0.1) is 0 Å². The molecule has 0 aliphatic carbocycles. The molecule has 2 rings (SSSR count). The highest BCUT2D eigenvalue weighted by molar-refractivity contribution is 5.97. The average molecular weight is 279 g/mol. The molecule has 0 amide bonds. The number of hydrogen-bond donors (Lipinski definition) is 4. The lowest BCUT2D eigenvalue weighted by Gasteiger charge is -2.32. The number of amidine groups is 1. The molecule has 0 radical (unpaired) electrons. The zero-order valence-corrected chi connectivity index (χ0v) is 11.4. The van der Waals surface area contributed by atoms with Crippen molar-refractivity contribution in [2.75, 3.05) is 19.8 Å². The van der Waals surface area contributed by atoms with Crippen LogP contribution in [0, 0.1) is 0 Å². The molecule has 1 aromatic rings. The second kappa shape index (κ2) is 6.69. The molecule has 1 aliphatic rings. The summed E-state index contributed by atoms with van der Waals surface area (Å²) in [6, 6.07) is 7.45. The molecule has 6 nitrogen and oxygen atoms in total. The minimum atomic E-state index is -0.679. The van der Waals surface area contributed by atoms with Crippen LogP contribution >= 0.6 is 0 Å². The molecule has 1 saturated heterocycles. The van der Waals surface area contributed by atoms with Gasteiger partial charge in [0.05, 0.1) is 5.60 Å². The fourth-order valence-corrected chi connectivity index (χ4v) is 2.27. The first-order valence-corrected chi connectivity index (χ1v) is 6.71. The van der Waals surface area contributed by atoms with E-state index in [1.807, 2.05) is 18.2 Å². The Morgan fingerprint density at radius 1 is 1.40 bits per heavy atom. The van der Waals surface area contributed by atoms with Crippen molar-refractivity contribution >= 4 is 5.84 Å². The third-order valence-electron chi connectivity index (χ3n) is 3.54. The number of nitrogens with two attached hydrogens (primary N) is 1. The molecule has 1 aliphatic heterocycles. The van der Waals surface area contributed by atoms with Crippen molar-refractivity contribution in [3.63, 3.8) is 0 Å². The average Bonchev–Trinajstić information content (AvgIpc) is 2.47. The van der Waals surface area contributed by atoms with E-state index in [4.69, 9.17) is 15.7 Å². The fourth-order valence-electron chi connectivity index (χ4n) is 2.27. The van der Waals surface area contributed by atoms with Gasteiger partial charge in [0.25, 0.3) is 0 Å². The maximum Gasteiger partial charge on any atom is 0.170 e. The number of ether oxygens (including phenoxy) is 1. The Bertz CT molecular complexity index is 470. The fraction of sp³-hybridized carbons (Fsp3) is 0.500. The van der Waals surface area contributed by atoms with Gasteiger partial charge in [0.2, 0.25) is 0 Å². The van der Waals surface area contributed by atoms with Gasteiger partial charge >= 0.3 is 0 Å². The molecule has 0 spiro atoms. The first-order valence-electron chi connectivity index (χ1n) is 6.71. The summed E-state index contributed by atoms with van der Waals surface area (Å²) in [7, 11) is 0. The molecule has 0 unspecified atom stereocenters. The van der Waals surface area contributed by atoms with Crippen LogP contribution in [-0.4, -0.2) is 41.5 Å². The van der Waals surface area contributed by atoms with E-state index in [1.54, 1.807) is 6.07 Å². The van der Waals surface area contributed by atoms with Crippen molar-refractivity contribution in [1.29, 1.82) is 0 Å². The summed E-state index contributed by atoms with van der Waals surface area (Å²) >= 11 is 0. The van der Waals surface area contributed by atoms with E-state index in [1.165, 1.54) is 0 Å². The Balaban J connectivity index is 1.88. The topological polar surface area (TPSA) is 100 Å². The van der Waals surface area contributed by atoms with Gasteiger partial charge in [-0.1, -0.05) is 23.4 Å². The van der Waals surface area contributed by atoms with Gasteiger partial charge in [-0.25, -0.2) is 0 Å². The van der Waals surface area contributed by atoms with Crippen molar-refractivity contribution in [2.24, 2.45) is 10.9 Å². The second-order valence-corrected chi connectivity index (χ2v) is 5.13. The molecule has 0 bridgehead atoms. The lowest BCUT2D eigenvalue weighted by molar-refractivity contribution is -0.0617. The molecule has 1 heterocycles. The molecular weight excluding hydrogens is 258 g/mol. The van der Waals surface area contributed by atoms with Gasteiger partial charge in [-0.05, 0) is 11.6 Å². The summed E-state index contributed by atoms with van der Waals surface area (Å²) in [5, 5.41) is 25.2. The SMILES string of the molecule is N/C(=N/O)c1cccc(CNCC2(O)CCOCC2)c1. The summed E-state index contributed by atoms with van der Waals surface area (Å²) in [4.78, 5) is 0. The Kier molecular flexibility index (Phi) is 4.94. The van der Waals surface area contributed by atoms with Crippen LogP contribution in [-0.2, 0) is 11.3 Å². The number of nitrogens with one attached hydrogen (secondary N) is 1. The van der Waals surface area contributed by atoms with Gasteiger partial charge in [-0.2, -0.15) is 0 Å². The van der Waals surface area contributed by atoms with Gasteiger partial charge in [0, 0.05) is 44.7 Å². The van der Waals surface area contributed by atoms with Gasteiger partial charge in [0.1, 0.15) is 0 Å². The highest BCUT2D eigenvalue weighted by atomic mass is 16.5. The molecule has 5 N–H and O–H groups in total. The van der Waals surface area contributed by atoms with Crippen LogP contribution in [0.5, 0.6) is 0 Å². The Morgan fingerprint density at radius 2 is 2.15 bits per heavy atom. The highest BCUT2D eigenvalue weighted by Crippen LogP contribution is 2.19. The number of benzene rings is 1. The predicted molar refractivity (Wildman–Crippen MR) is 75.7 cm³/mol. The zero-order valence-electron chi connectivity index (χ0n) is 11.4. The third kappa shape index (κ3) is 3.93. The number of oxime groups is 1. The summed E-state index contributed by atoms with van der Waals surface area (Å²) in [6.45, 7) is 2.37. The molecule has 1 aromatic carbocycles. The maximum absolute atomic E-state index is 10.3. The van der Waals surface area contributed by atoms with Crippen molar-refractivity contribution in [3.05, 3.63) is 35.4 Å². The first kappa shape index (κ1) is 14.8. The van der Waals surface area contributed by atoms with Gasteiger partial charge in [0.15, 0.2) is 5.84 Å². The smallest absolute Gasteiger partial charge is 0.170 e. The van der Waals surface area contributed by atoms with Crippen LogP contribution in [0.2, 0.25) is 0 Å². The minimum Gasteiger partial charge on any atom is -0.409 e. The number of nitrogens with zero attached hydrogens (tertiary/aromatic N) is 1. The second-order valence-electron chi connectivity index (χ2n) is 5.13. The summed E-state index contributed by atoms with van der Waals surface area (Å²) in [5.41, 5.74) is 6.57. The molecule has 0 atom stereocenters. The molecule has 20 heavy (non-hydrogen) atoms. The maximum atomic E-state index is 10.3. The van der Waals surface area contributed by atoms with Gasteiger partial charge < -0.3 is 26.1 Å². The van der Waals surface area contributed by atoms with Crippen molar-refractivity contribution in [3.8, 4) is 0 Å². The van der Waals surface area contributed by atoms with Crippen LogP contribution in [0.15, 0.2) is 29.4 Å². The monoisotopic (exact) mass is 279 g/mol. The first-order chi connectivity index (χ1) is 9.63. The lowest BCUT2D eigenvalue weighted by atomic mass is 9.94. The summed E-state index contributed by atoms with van der Waals surface area (Å²) in [5.74, 6) is 0.0925. The van der Waals surface area contributed by atoms with E-state index >= 15 is 0 Å². The van der Waals surface area contributed by atoms with E-state index in [9.17, 15) is 5.11 Å². The van der Waals surface area contributed by atoms with Crippen LogP contribution in [0.25, 0.3) is 0 Å². The number of hydrogen-bond acceptors (Lipinski definition) is 5. The summed E-state index contributed by atoms with van der Waals surface area (Å²) in [6.07, 6.45) is 1.31. The van der Waals surface area contributed by atoms with Crippen LogP contribution in [0.3, 0.4) is 0 Å². The quantitative estimate of drug-likeness (QED) is 0.271. The Hall–Kier alpha value is -1.63. The van der Waals surface area contributed by atoms with E-state index < -0.39 is 5.60 Å². The van der Waals surface area contributed by atoms with Crippen molar-refractivity contribution in [1.82, 2.24) is 5.32 Å². The summed E-state index contributed by atoms with van der Waals surface area (Å²) < 4.78 is 5.25. The van der Waals surface area contributed by atoms with Crippen molar-refractivity contribution in [2.45, 2.75) is 25.0 Å². The lowest BCUT2D eigenvalue weighted by Crippen LogP contribution is -2.44. The molecule has 0 saturated carbocycles. The zero-order chi connectivity index (χ0) is 14.4. The van der Waals surface area contributed by atoms with E-state index in [0.29, 0.717) is 44.7 Å². The Morgan fingerprint density at radius 3 is 2.85 bits per heavy atom. The van der Waals surface area contributed by atoms with Gasteiger partial charge in [-0.3, -0.25) is 0 Å². The predicted octanol–water partition coefficient (Wildman–Crippen LogP) is 0.412. The van der Waals surface area contributed by atoms with E-state index in [2.05, 4.69) is 10.5 Å². The van der Waals surface area contributed by atoms with Crippen LogP contribution in [0.4, 0.5) is 0 Å². The molecule has 1 fully saturated rings. The highest BCUT2D eigenvalue weighted by Gasteiger charge is 2.28. The molecular formula is C14H21N3O3. The number of rotatable bonds is 5. The standard InChI is InChI=1S/C14H21N3O3/c15-13(17-19)12-3-1-2-11(8-12)9-16-10-14(18)4-6-20-7-5-14/h1-3,8,16,18-19H,4-7,9-10H2,(H2,15,17). The van der Waals surface area contributed by atoms with Crippen molar-refractivity contribution < 1.29 is 15.1 Å². The van der Waals surface area contributed by atoms with E-state index in [0.717, 1.165) is 5.56 Å². The third-order valence-corrected chi connectivity index (χ3v) is 3.54. The minimum absolute atomic E-state index is 0.0925. The molecule has 0 aromatic heterocycles.